The Balaban J connectivity index is 2.24. The number of hydrogen-bond donors (Lipinski definition) is 1. The fourth-order valence-electron chi connectivity index (χ4n) is 1.77. The molecule has 1 amide bonds. The van der Waals surface area contributed by atoms with Gasteiger partial charge in [-0.1, -0.05) is 17.7 Å². The van der Waals surface area contributed by atoms with E-state index in [1.54, 1.807) is 19.1 Å². The molecule has 3 nitrogen and oxygen atoms in total. The first kappa shape index (κ1) is 12.7. The zero-order valence-electron chi connectivity index (χ0n) is 10.5. The van der Waals surface area contributed by atoms with Gasteiger partial charge in [-0.25, -0.2) is 0 Å². The van der Waals surface area contributed by atoms with Crippen LogP contribution in [0.2, 0.25) is 5.02 Å². The second kappa shape index (κ2) is 4.86. The molecule has 94 valence electrons. The number of anilines is 1. The quantitative estimate of drug-likeness (QED) is 0.886. The number of halogens is 1. The van der Waals surface area contributed by atoms with E-state index >= 15 is 0 Å². The average molecular weight is 264 g/mol. The summed E-state index contributed by atoms with van der Waals surface area (Å²) < 4.78 is 5.33. The maximum atomic E-state index is 12.1. The Morgan fingerprint density at radius 2 is 1.94 bits per heavy atom. The highest BCUT2D eigenvalue weighted by molar-refractivity contribution is 6.34. The number of benzene rings is 1. The molecule has 0 aliphatic heterocycles. The number of furan rings is 1. The van der Waals surface area contributed by atoms with E-state index in [0.717, 1.165) is 5.56 Å². The summed E-state index contributed by atoms with van der Waals surface area (Å²) >= 11 is 6.07. The molecule has 0 aliphatic rings. The van der Waals surface area contributed by atoms with E-state index in [9.17, 15) is 4.79 Å². The first-order valence-corrected chi connectivity index (χ1v) is 5.99. The van der Waals surface area contributed by atoms with Crippen molar-refractivity contribution in [2.24, 2.45) is 0 Å². The fraction of sp³-hybridized carbons (Fsp3) is 0.214. The van der Waals surface area contributed by atoms with Crippen LogP contribution in [0, 0.1) is 20.8 Å². The van der Waals surface area contributed by atoms with Crippen molar-refractivity contribution in [3.8, 4) is 0 Å². The molecule has 1 aromatic heterocycles. The molecular formula is C14H14ClNO2. The SMILES string of the molecule is Cc1ccc(NC(=O)c2cc(C)oc2C)c(Cl)c1. The van der Waals surface area contributed by atoms with Gasteiger partial charge < -0.3 is 9.73 Å². The van der Waals surface area contributed by atoms with E-state index in [0.29, 0.717) is 27.8 Å². The van der Waals surface area contributed by atoms with E-state index in [-0.39, 0.29) is 5.91 Å². The standard InChI is InChI=1S/C14H14ClNO2/c1-8-4-5-13(12(15)6-8)16-14(17)11-7-9(2)18-10(11)3/h4-7H,1-3H3,(H,16,17). The van der Waals surface area contributed by atoms with Crippen LogP contribution in [-0.4, -0.2) is 5.91 Å². The molecule has 2 rings (SSSR count). The van der Waals surface area contributed by atoms with Crippen molar-refractivity contribution >= 4 is 23.2 Å². The van der Waals surface area contributed by atoms with Crippen molar-refractivity contribution in [1.82, 2.24) is 0 Å². The van der Waals surface area contributed by atoms with Crippen LogP contribution in [0.3, 0.4) is 0 Å². The summed E-state index contributed by atoms with van der Waals surface area (Å²) in [7, 11) is 0. The van der Waals surface area contributed by atoms with Gasteiger partial charge in [0, 0.05) is 0 Å². The third-order valence-electron chi connectivity index (χ3n) is 2.66. The number of nitrogens with one attached hydrogen (secondary N) is 1. The molecule has 0 fully saturated rings. The predicted octanol–water partition coefficient (Wildman–Crippen LogP) is 4.11. The molecule has 0 spiro atoms. The third kappa shape index (κ3) is 2.57. The summed E-state index contributed by atoms with van der Waals surface area (Å²) in [4.78, 5) is 12.1. The number of hydrogen-bond acceptors (Lipinski definition) is 2. The Hall–Kier alpha value is -1.74. The van der Waals surface area contributed by atoms with Crippen molar-refractivity contribution in [2.75, 3.05) is 5.32 Å². The Morgan fingerprint density at radius 3 is 2.50 bits per heavy atom. The minimum atomic E-state index is -0.213. The predicted molar refractivity (Wildman–Crippen MR) is 72.3 cm³/mol. The van der Waals surface area contributed by atoms with Crippen LogP contribution in [0.1, 0.15) is 27.4 Å². The molecule has 2 aromatic rings. The number of amides is 1. The van der Waals surface area contributed by atoms with Gasteiger partial charge in [0.25, 0.3) is 5.91 Å². The highest BCUT2D eigenvalue weighted by atomic mass is 35.5. The topological polar surface area (TPSA) is 42.2 Å². The number of carbonyl (C=O) groups excluding carboxylic acids is 1. The van der Waals surface area contributed by atoms with Crippen LogP contribution in [0.15, 0.2) is 28.7 Å². The van der Waals surface area contributed by atoms with Crippen molar-refractivity contribution in [3.05, 3.63) is 51.9 Å². The minimum absolute atomic E-state index is 0.213. The van der Waals surface area contributed by atoms with Crippen LogP contribution in [0.4, 0.5) is 5.69 Å². The van der Waals surface area contributed by atoms with E-state index in [1.807, 2.05) is 26.0 Å². The molecule has 18 heavy (non-hydrogen) atoms. The first-order valence-electron chi connectivity index (χ1n) is 5.62. The summed E-state index contributed by atoms with van der Waals surface area (Å²) in [5.74, 6) is 1.11. The van der Waals surface area contributed by atoms with Gasteiger partial charge in [-0.2, -0.15) is 0 Å². The normalized spacial score (nSPS) is 10.4. The lowest BCUT2D eigenvalue weighted by molar-refractivity contribution is 0.102. The van der Waals surface area contributed by atoms with Gasteiger partial charge in [0.1, 0.15) is 11.5 Å². The summed E-state index contributed by atoms with van der Waals surface area (Å²) in [5, 5.41) is 3.31. The van der Waals surface area contributed by atoms with Crippen LogP contribution in [0.25, 0.3) is 0 Å². The molecule has 0 atom stereocenters. The van der Waals surface area contributed by atoms with E-state index in [4.69, 9.17) is 16.0 Å². The van der Waals surface area contributed by atoms with E-state index in [1.165, 1.54) is 0 Å². The molecule has 4 heteroatoms. The first-order chi connectivity index (χ1) is 8.47. The summed E-state index contributed by atoms with van der Waals surface area (Å²) in [6.45, 7) is 5.52. The molecule has 0 saturated heterocycles. The lowest BCUT2D eigenvalue weighted by atomic mass is 10.2. The third-order valence-corrected chi connectivity index (χ3v) is 2.97. The molecule has 0 radical (unpaired) electrons. The van der Waals surface area contributed by atoms with Crippen LogP contribution >= 0.6 is 11.6 Å². The maximum absolute atomic E-state index is 12.1. The van der Waals surface area contributed by atoms with Crippen LogP contribution in [-0.2, 0) is 0 Å². The van der Waals surface area contributed by atoms with E-state index in [2.05, 4.69) is 5.32 Å². The lowest BCUT2D eigenvalue weighted by Crippen LogP contribution is -2.12. The molecule has 0 saturated carbocycles. The highest BCUT2D eigenvalue weighted by Gasteiger charge is 2.14. The van der Waals surface area contributed by atoms with Crippen LogP contribution < -0.4 is 5.32 Å². The molecule has 1 N–H and O–H groups in total. The molecule has 1 aromatic carbocycles. The number of carbonyl (C=O) groups is 1. The number of rotatable bonds is 2. The zero-order valence-corrected chi connectivity index (χ0v) is 11.3. The van der Waals surface area contributed by atoms with Gasteiger partial charge in [0.15, 0.2) is 0 Å². The lowest BCUT2D eigenvalue weighted by Gasteiger charge is -2.07. The average Bonchev–Trinajstić information content (AvgIpc) is 2.62. The van der Waals surface area contributed by atoms with E-state index < -0.39 is 0 Å². The maximum Gasteiger partial charge on any atom is 0.259 e. The molecule has 0 unspecified atom stereocenters. The Morgan fingerprint density at radius 1 is 1.22 bits per heavy atom. The highest BCUT2D eigenvalue weighted by Crippen LogP contribution is 2.24. The number of aryl methyl sites for hydroxylation is 3. The van der Waals surface area contributed by atoms with Crippen molar-refractivity contribution in [1.29, 1.82) is 0 Å². The Bertz CT molecular complexity index is 602. The monoisotopic (exact) mass is 263 g/mol. The van der Waals surface area contributed by atoms with Gasteiger partial charge in [-0.15, -0.1) is 0 Å². The zero-order chi connectivity index (χ0) is 13.3. The van der Waals surface area contributed by atoms with Crippen molar-refractivity contribution < 1.29 is 9.21 Å². The molecule has 0 bridgehead atoms. The largest absolute Gasteiger partial charge is 0.466 e. The summed E-state index contributed by atoms with van der Waals surface area (Å²) in [5.41, 5.74) is 2.18. The summed E-state index contributed by atoms with van der Waals surface area (Å²) in [6.07, 6.45) is 0. The van der Waals surface area contributed by atoms with Gasteiger partial charge in [0.2, 0.25) is 0 Å². The van der Waals surface area contributed by atoms with Crippen molar-refractivity contribution in [3.63, 3.8) is 0 Å². The Kier molecular flexibility index (Phi) is 3.43. The van der Waals surface area contributed by atoms with Gasteiger partial charge in [0.05, 0.1) is 16.3 Å². The molecule has 1 heterocycles. The molecule has 0 aliphatic carbocycles. The fourth-order valence-corrected chi connectivity index (χ4v) is 2.05. The molecular weight excluding hydrogens is 250 g/mol. The van der Waals surface area contributed by atoms with Crippen LogP contribution in [0.5, 0.6) is 0 Å². The van der Waals surface area contributed by atoms with Gasteiger partial charge in [-0.05, 0) is 44.5 Å². The minimum Gasteiger partial charge on any atom is -0.466 e. The van der Waals surface area contributed by atoms with Gasteiger partial charge in [-0.3, -0.25) is 4.79 Å². The second-order valence-electron chi connectivity index (χ2n) is 4.26. The Labute approximate surface area is 111 Å². The second-order valence-corrected chi connectivity index (χ2v) is 4.67. The van der Waals surface area contributed by atoms with Crippen molar-refractivity contribution in [2.45, 2.75) is 20.8 Å². The summed E-state index contributed by atoms with van der Waals surface area (Å²) in [6, 6.07) is 7.21. The smallest absolute Gasteiger partial charge is 0.259 e. The van der Waals surface area contributed by atoms with Gasteiger partial charge >= 0.3 is 0 Å².